The molecular formula is C78H131N7O55. The molecule has 38 N–H and O–H groups in total. The highest BCUT2D eigenvalue weighted by Gasteiger charge is 2.63. The van der Waals surface area contributed by atoms with Crippen LogP contribution in [0.15, 0.2) is 0 Å². The van der Waals surface area contributed by atoms with Crippen molar-refractivity contribution >= 4 is 36.1 Å². The van der Waals surface area contributed by atoms with E-state index in [0.717, 1.165) is 27.7 Å². The summed E-state index contributed by atoms with van der Waals surface area (Å²) in [5.74, 6) is -8.55. The van der Waals surface area contributed by atoms with E-state index in [-0.39, 0.29) is 6.47 Å². The maximum Gasteiger partial charge on any atom is 0.335 e. The maximum absolute atomic E-state index is 13.7. The lowest BCUT2D eigenvalue weighted by molar-refractivity contribution is -0.400. The highest BCUT2D eigenvalue weighted by atomic mass is 16.8. The zero-order chi connectivity index (χ0) is 103. The number of nitrogens with one attached hydrogen (secondary N) is 3. The summed E-state index contributed by atoms with van der Waals surface area (Å²) in [4.78, 5) is 76.7. The smallest absolute Gasteiger partial charge is 0.335 e. The molecule has 62 nitrogen and oxygen atoms in total. The standard InChI is InChI=1S/C78H131N7O55/c1-16-33(83-19(4)91)72(140-77(122-15-90)54(16)129-73-34(84-20(5)92)42(103)38(99)27(11-89)126-73)130-55-22(7-79)17(2)124-71(35(55)85-21(6)93)121-14-28-59(134-75-51(112)43(104)46(107)56(131-75)23(94)8-86)41(102)32(82)70(127-28)133-60-29(13-120-69-31(81)40(101)45(106)62(136-69)66(115)116)128-74(53(114)50(60)111)139-65-58(24(95)9-87)123-18(3)36(97)61(65)135-78-64(138-76-52(113)44(105)47(108)63(137-76)67(117)118)49(110)48(109)57(132-78)25(96)12-119-68-30(80)39(100)37(98)26(10-88)125-68/h15-18,22-65,68-78,86-89,94-114H,7-14,79-82H2,1-6H3,(H,83,91)(H,84,92)(H,85,93)(H,115,116)(H,117,118)/t16?,17?,18?,22-,23?,24?,25?,26?,27?,28?,29?,30?,31?,32?,33?,34?,35?,36?,37-,38-,39?,40?,41?,42?,43?,44?,45-,46+,47+,48+,49?,50?,51?,52?,53?,54+,55?,56?,57?,58?,59-,60-,61?,62?,63?,64?,65+,68?,69?,70?,71?,72?,73?,74?,75?,76?,77?,78?/m1/s1. The predicted molar refractivity (Wildman–Crippen MR) is 434 cm³/mol. The molecule has 0 aromatic rings. The number of aliphatic carboxylic acids is 2. The van der Waals surface area contributed by atoms with Crippen LogP contribution in [-0.2, 0) is 133 Å². The third-order valence-corrected chi connectivity index (χ3v) is 26.2. The van der Waals surface area contributed by atoms with Crippen molar-refractivity contribution in [3.8, 4) is 0 Å². The van der Waals surface area contributed by atoms with Gasteiger partial charge in [-0.05, 0) is 13.8 Å². The number of carboxylic acid groups (broad SMARTS) is 2. The molecule has 0 saturated carbocycles. The van der Waals surface area contributed by atoms with Crippen molar-refractivity contribution in [1.29, 1.82) is 0 Å². The Kier molecular flexibility index (Phi) is 40.9. The normalized spacial score (nSPS) is 48.8. The molecule has 140 heavy (non-hydrogen) atoms. The minimum Gasteiger partial charge on any atom is -0.479 e. The largest absolute Gasteiger partial charge is 0.479 e. The number of aliphatic hydroxyl groups is 25. The van der Waals surface area contributed by atoms with E-state index in [1.807, 2.05) is 0 Å². The van der Waals surface area contributed by atoms with Gasteiger partial charge in [-0.2, -0.15) is 0 Å². The van der Waals surface area contributed by atoms with Gasteiger partial charge in [-0.25, -0.2) is 9.59 Å². The van der Waals surface area contributed by atoms with E-state index in [9.17, 15) is 167 Å². The zero-order valence-electron chi connectivity index (χ0n) is 75.5. The van der Waals surface area contributed by atoms with Crippen LogP contribution in [0.3, 0.4) is 0 Å². The van der Waals surface area contributed by atoms with Crippen molar-refractivity contribution in [3.63, 3.8) is 0 Å². The summed E-state index contributed by atoms with van der Waals surface area (Å²) in [6, 6.07) is -10.4. The Bertz CT molecular complexity index is 3940. The fourth-order valence-corrected chi connectivity index (χ4v) is 18.3. The third-order valence-electron chi connectivity index (χ3n) is 26.2. The topological polar surface area (TPSA) is 992 Å². The average Bonchev–Trinajstić information content (AvgIpc) is 0.756. The van der Waals surface area contributed by atoms with Gasteiger partial charge in [-0.1, -0.05) is 6.92 Å². The first kappa shape index (κ1) is 115. The second-order valence-corrected chi connectivity index (χ2v) is 35.9. The molecule has 0 spiro atoms. The molecule has 11 heterocycles. The Labute approximate surface area is 793 Å². The average molecular weight is 2050 g/mol. The molecule has 0 bridgehead atoms. The molecule has 11 fully saturated rings. The van der Waals surface area contributed by atoms with Crippen LogP contribution in [-0.4, -0.2) is 570 Å². The number of carboxylic acids is 2. The molecule has 11 rings (SSSR count). The van der Waals surface area contributed by atoms with E-state index in [0.29, 0.717) is 0 Å². The second kappa shape index (κ2) is 49.8. The monoisotopic (exact) mass is 2050 g/mol. The first-order valence-electron chi connectivity index (χ1n) is 44.7. The van der Waals surface area contributed by atoms with E-state index in [2.05, 4.69) is 16.0 Å². The van der Waals surface area contributed by atoms with Crippen LogP contribution in [0.4, 0.5) is 0 Å². The summed E-state index contributed by atoms with van der Waals surface area (Å²) in [6.45, 7) is -1.05. The minimum atomic E-state index is -2.70. The number of aliphatic hydroxyl groups excluding tert-OH is 25. The van der Waals surface area contributed by atoms with Gasteiger partial charge in [0, 0.05) is 39.2 Å². The summed E-state index contributed by atoms with van der Waals surface area (Å²) >= 11 is 0. The zero-order valence-corrected chi connectivity index (χ0v) is 75.5. The van der Waals surface area contributed by atoms with Crippen LogP contribution in [0.1, 0.15) is 41.5 Å². The molecule has 3 amide bonds. The number of carbonyl (C=O) groups excluding carboxylic acids is 4. The molecule has 11 saturated heterocycles. The third kappa shape index (κ3) is 25.2. The lowest BCUT2D eigenvalue weighted by Crippen LogP contribution is -2.70. The highest BCUT2D eigenvalue weighted by Crippen LogP contribution is 2.43. The highest BCUT2D eigenvalue weighted by molar-refractivity contribution is 5.75. The Morgan fingerprint density at radius 3 is 1.31 bits per heavy atom. The number of ether oxygens (including phenoxy) is 22. The molecule has 0 aromatic heterocycles. The molecule has 0 aliphatic carbocycles. The van der Waals surface area contributed by atoms with Crippen LogP contribution in [0.25, 0.3) is 0 Å². The van der Waals surface area contributed by atoms with E-state index >= 15 is 0 Å². The molecule has 808 valence electrons. The van der Waals surface area contributed by atoms with Crippen LogP contribution in [0.5, 0.6) is 0 Å². The summed E-state index contributed by atoms with van der Waals surface area (Å²) in [6.07, 6.45) is -108. The molecule has 0 radical (unpaired) electrons. The minimum absolute atomic E-state index is 0.0740. The molecule has 58 atom stereocenters. The summed E-state index contributed by atoms with van der Waals surface area (Å²) in [7, 11) is 0. The van der Waals surface area contributed by atoms with Crippen LogP contribution in [0.2, 0.25) is 0 Å². The fourth-order valence-electron chi connectivity index (χ4n) is 18.3. The number of carbonyl (C=O) groups is 6. The lowest BCUT2D eigenvalue weighted by Gasteiger charge is -2.52. The van der Waals surface area contributed by atoms with Crippen molar-refractivity contribution in [2.45, 2.75) is 385 Å². The molecule has 47 unspecified atom stereocenters. The Morgan fingerprint density at radius 2 is 0.743 bits per heavy atom. The van der Waals surface area contributed by atoms with Gasteiger partial charge in [0.15, 0.2) is 75.1 Å². The van der Waals surface area contributed by atoms with E-state index in [1.54, 1.807) is 0 Å². The van der Waals surface area contributed by atoms with Gasteiger partial charge in [0.25, 0.3) is 6.47 Å². The summed E-state index contributed by atoms with van der Waals surface area (Å²) in [5.41, 5.74) is 25.6. The van der Waals surface area contributed by atoms with Crippen LogP contribution >= 0.6 is 0 Å². The Morgan fingerprint density at radius 1 is 0.336 bits per heavy atom. The lowest BCUT2D eigenvalue weighted by atomic mass is 9.87. The molecule has 11 aliphatic rings. The molecule has 62 heteroatoms. The molecular weight excluding hydrogens is 1910 g/mol. The molecule has 11 aliphatic heterocycles. The summed E-state index contributed by atoms with van der Waals surface area (Å²) in [5, 5.41) is 309. The number of rotatable bonds is 38. The van der Waals surface area contributed by atoms with Gasteiger partial charge >= 0.3 is 11.9 Å². The number of hydrogen-bond donors (Lipinski definition) is 34. The van der Waals surface area contributed by atoms with Crippen molar-refractivity contribution in [2.75, 3.05) is 52.8 Å². The fraction of sp³-hybridized carbons (Fsp3) is 0.923. The van der Waals surface area contributed by atoms with Gasteiger partial charge in [0.05, 0.1) is 88.7 Å². The Hall–Kier alpha value is -5.18. The predicted octanol–water partition coefficient (Wildman–Crippen LogP) is -22.7. The van der Waals surface area contributed by atoms with E-state index in [1.165, 1.54) is 13.8 Å². The summed E-state index contributed by atoms with van der Waals surface area (Å²) < 4.78 is 133. The van der Waals surface area contributed by atoms with Crippen molar-refractivity contribution in [2.24, 2.45) is 34.8 Å². The van der Waals surface area contributed by atoms with Crippen LogP contribution in [0, 0.1) is 11.8 Å². The van der Waals surface area contributed by atoms with Gasteiger partial charge in [0.1, 0.15) is 220 Å². The quantitative estimate of drug-likeness (QED) is 0.0255. The van der Waals surface area contributed by atoms with Gasteiger partial charge < -0.3 is 281 Å². The second-order valence-electron chi connectivity index (χ2n) is 35.9. The first-order chi connectivity index (χ1) is 66.0. The van der Waals surface area contributed by atoms with E-state index in [4.69, 9.17) is 127 Å². The number of nitrogens with two attached hydrogens (primary N) is 4. The van der Waals surface area contributed by atoms with Gasteiger partial charge in [-0.3, -0.25) is 19.2 Å². The number of amides is 3. The van der Waals surface area contributed by atoms with Crippen molar-refractivity contribution in [1.82, 2.24) is 16.0 Å². The SMILES string of the molecule is CC(=O)NC1C(O[C@@H]2C(OC=O)OC(OC3C(NC(C)=O)C(OCC4OC(O[C@@H]5C(COC6OC(C(=O)O)[C@H](O)C(O)C6N)OC(O[C@H]6C(C(O)CO)OC(C)C(O)C6OC6OC(C(O)COC7OC(CO)[C@@H](O)C(O)C7N)[C@@H](O)C(O)C6OC6OC(C(=O)O)[C@@H](O)C(O)C6O)C(O)C5O)C(N)C(O)[C@@H]4OC4OC(C(O)CO)[C@@H](O)C(O)C4O)OC(C)[C@H]3CN)C(NC(C)=O)C2C)OC(CO)[C@@H](O)C1O. The Balaban J connectivity index is 0.936. The van der Waals surface area contributed by atoms with Crippen LogP contribution < -0.4 is 38.9 Å². The molecule has 0 aromatic carbocycles. The maximum atomic E-state index is 13.7. The van der Waals surface area contributed by atoms with E-state index < -0.39 is 438 Å². The van der Waals surface area contributed by atoms with Crippen molar-refractivity contribution in [3.05, 3.63) is 0 Å². The van der Waals surface area contributed by atoms with Gasteiger partial charge in [0.2, 0.25) is 24.0 Å². The number of hydrogen-bond acceptors (Lipinski definition) is 57. The van der Waals surface area contributed by atoms with Gasteiger partial charge in [-0.15, -0.1) is 0 Å². The first-order valence-corrected chi connectivity index (χ1v) is 44.7. The van der Waals surface area contributed by atoms with Crippen molar-refractivity contribution < 1.29 is 271 Å².